The number of alkyl carbamates (subject to hydrolysis) is 1. The van der Waals surface area contributed by atoms with Gasteiger partial charge in [0.2, 0.25) is 5.91 Å². The number of carboxylic acid groups (broad SMARTS) is 1. The van der Waals surface area contributed by atoms with Crippen LogP contribution in [-0.4, -0.2) is 42.3 Å². The average molecular weight is 465 g/mol. The topological polar surface area (TPSA) is 105 Å². The van der Waals surface area contributed by atoms with Gasteiger partial charge >= 0.3 is 12.1 Å². The highest BCUT2D eigenvalue weighted by Crippen LogP contribution is 2.44. The second-order valence-corrected chi connectivity index (χ2v) is 9.47. The highest BCUT2D eigenvalue weighted by molar-refractivity contribution is 5.79. The largest absolute Gasteiger partial charge is 0.481 e. The zero-order valence-electron chi connectivity index (χ0n) is 19.5. The Morgan fingerprint density at radius 3 is 2.15 bits per heavy atom. The van der Waals surface area contributed by atoms with Gasteiger partial charge in [-0.2, -0.15) is 0 Å². The van der Waals surface area contributed by atoms with Crippen molar-refractivity contribution in [1.82, 2.24) is 10.6 Å². The second-order valence-electron chi connectivity index (χ2n) is 9.47. The number of hydrogen-bond donors (Lipinski definition) is 3. The van der Waals surface area contributed by atoms with Crippen molar-refractivity contribution in [3.63, 3.8) is 0 Å². The molecule has 1 atom stereocenters. The maximum Gasteiger partial charge on any atom is 0.407 e. The molecule has 0 bridgehead atoms. The molecule has 2 aromatic rings. The Labute approximate surface area is 199 Å². The van der Waals surface area contributed by atoms with Crippen molar-refractivity contribution in [2.75, 3.05) is 13.2 Å². The smallest absolute Gasteiger partial charge is 0.407 e. The summed E-state index contributed by atoms with van der Waals surface area (Å²) in [6.07, 6.45) is 2.43. The molecule has 0 saturated heterocycles. The minimum absolute atomic E-state index is 0.00867. The summed E-state index contributed by atoms with van der Waals surface area (Å²) in [4.78, 5) is 35.7. The van der Waals surface area contributed by atoms with Crippen LogP contribution in [0.4, 0.5) is 4.79 Å². The third kappa shape index (κ3) is 5.58. The van der Waals surface area contributed by atoms with Gasteiger partial charge < -0.3 is 20.5 Å². The Morgan fingerprint density at radius 2 is 1.56 bits per heavy atom. The fourth-order valence-corrected chi connectivity index (χ4v) is 5.10. The first-order valence-electron chi connectivity index (χ1n) is 12.0. The van der Waals surface area contributed by atoms with Gasteiger partial charge in [-0.1, -0.05) is 55.5 Å². The molecule has 2 aliphatic rings. The highest BCUT2D eigenvalue weighted by Gasteiger charge is 2.30. The summed E-state index contributed by atoms with van der Waals surface area (Å²) in [5.41, 5.74) is 4.75. The summed E-state index contributed by atoms with van der Waals surface area (Å²) >= 11 is 0. The van der Waals surface area contributed by atoms with Gasteiger partial charge in [-0.15, -0.1) is 0 Å². The maximum atomic E-state index is 12.5. The number of nitrogens with one attached hydrogen (secondary N) is 2. The number of aliphatic carboxylic acids is 1. The zero-order chi connectivity index (χ0) is 24.1. The predicted molar refractivity (Wildman–Crippen MR) is 128 cm³/mol. The number of benzene rings is 2. The molecule has 7 heteroatoms. The molecule has 1 unspecified atom stereocenters. The molecule has 2 amide bonds. The molecule has 0 spiro atoms. The van der Waals surface area contributed by atoms with Gasteiger partial charge in [0.05, 0.1) is 0 Å². The summed E-state index contributed by atoms with van der Waals surface area (Å²) in [7, 11) is 0. The molecule has 0 aromatic heterocycles. The van der Waals surface area contributed by atoms with Crippen LogP contribution in [0.3, 0.4) is 0 Å². The first-order valence-corrected chi connectivity index (χ1v) is 12.0. The fourth-order valence-electron chi connectivity index (χ4n) is 5.10. The lowest BCUT2D eigenvalue weighted by Gasteiger charge is -2.28. The van der Waals surface area contributed by atoms with E-state index in [9.17, 15) is 14.4 Å². The van der Waals surface area contributed by atoms with Crippen LogP contribution in [0.2, 0.25) is 0 Å². The summed E-state index contributed by atoms with van der Waals surface area (Å²) in [6.45, 7) is 2.46. The fraction of sp³-hybridized carbons (Fsp3) is 0.444. The first-order chi connectivity index (χ1) is 16.4. The molecule has 2 aromatic carbocycles. The second kappa shape index (κ2) is 10.7. The van der Waals surface area contributed by atoms with Gasteiger partial charge in [-0.3, -0.25) is 9.59 Å². The number of fused-ring (bicyclic) bond motifs is 3. The van der Waals surface area contributed by atoms with E-state index in [0.717, 1.165) is 0 Å². The van der Waals surface area contributed by atoms with Crippen LogP contribution >= 0.6 is 0 Å². The predicted octanol–water partition coefficient (Wildman–Crippen LogP) is 4.31. The molecule has 3 N–H and O–H groups in total. The SMILES string of the molecule is CC(CNC(=O)C1CCC(NC(=O)OCC2c3ccccc3-c3ccccc32)CC1)CC(=O)O. The van der Waals surface area contributed by atoms with E-state index in [2.05, 4.69) is 34.9 Å². The average Bonchev–Trinajstić information content (AvgIpc) is 3.15. The van der Waals surface area contributed by atoms with E-state index in [-0.39, 0.29) is 42.7 Å². The lowest BCUT2D eigenvalue weighted by atomic mass is 9.85. The molecular weight excluding hydrogens is 432 g/mol. The van der Waals surface area contributed by atoms with Crippen LogP contribution in [0, 0.1) is 11.8 Å². The number of ether oxygens (including phenoxy) is 1. The van der Waals surface area contributed by atoms with E-state index < -0.39 is 12.1 Å². The van der Waals surface area contributed by atoms with Gasteiger partial charge in [-0.05, 0) is 53.9 Å². The lowest BCUT2D eigenvalue weighted by molar-refractivity contribution is -0.138. The minimum atomic E-state index is -0.860. The molecule has 1 saturated carbocycles. The van der Waals surface area contributed by atoms with Gasteiger partial charge in [0.1, 0.15) is 6.61 Å². The molecule has 7 nitrogen and oxygen atoms in total. The van der Waals surface area contributed by atoms with Gasteiger partial charge in [0, 0.05) is 30.8 Å². The van der Waals surface area contributed by atoms with E-state index >= 15 is 0 Å². The van der Waals surface area contributed by atoms with Gasteiger partial charge in [0.25, 0.3) is 0 Å². The van der Waals surface area contributed by atoms with E-state index in [1.807, 2.05) is 31.2 Å². The van der Waals surface area contributed by atoms with Crippen molar-refractivity contribution >= 4 is 18.0 Å². The van der Waals surface area contributed by atoms with E-state index in [4.69, 9.17) is 9.84 Å². The van der Waals surface area contributed by atoms with E-state index in [0.29, 0.717) is 32.2 Å². The molecular formula is C27H32N2O5. The number of carbonyl (C=O) groups excluding carboxylic acids is 2. The van der Waals surface area contributed by atoms with Crippen molar-refractivity contribution in [2.45, 2.75) is 51.0 Å². The number of carboxylic acids is 1. The summed E-state index contributed by atoms with van der Waals surface area (Å²) in [5, 5.41) is 14.7. The third-order valence-corrected chi connectivity index (χ3v) is 6.91. The molecule has 0 heterocycles. The third-order valence-electron chi connectivity index (χ3n) is 6.91. The monoisotopic (exact) mass is 464 g/mol. The Morgan fingerprint density at radius 1 is 0.971 bits per heavy atom. The highest BCUT2D eigenvalue weighted by atomic mass is 16.5. The number of amides is 2. The van der Waals surface area contributed by atoms with Gasteiger partial charge in [-0.25, -0.2) is 4.79 Å². The molecule has 34 heavy (non-hydrogen) atoms. The van der Waals surface area contributed by atoms with Crippen LogP contribution < -0.4 is 10.6 Å². The minimum Gasteiger partial charge on any atom is -0.481 e. The molecule has 1 fully saturated rings. The zero-order valence-corrected chi connectivity index (χ0v) is 19.5. The number of carbonyl (C=O) groups is 3. The Hall–Kier alpha value is -3.35. The van der Waals surface area contributed by atoms with Crippen LogP contribution in [0.15, 0.2) is 48.5 Å². The Balaban J connectivity index is 1.22. The van der Waals surface area contributed by atoms with E-state index in [1.54, 1.807) is 0 Å². The normalized spacial score (nSPS) is 20.0. The standard InChI is InChI=1S/C27H32N2O5/c1-17(14-25(30)31)15-28-26(32)18-10-12-19(13-11-18)29-27(33)34-16-24-22-8-4-2-6-20(22)21-7-3-5-9-23(21)24/h2-9,17-19,24H,10-16H2,1H3,(H,28,32)(H,29,33)(H,30,31). The lowest BCUT2D eigenvalue weighted by Crippen LogP contribution is -2.42. The Bertz CT molecular complexity index is 999. The summed E-state index contributed by atoms with van der Waals surface area (Å²) < 4.78 is 5.64. The van der Waals surface area contributed by atoms with Crippen molar-refractivity contribution in [2.24, 2.45) is 11.8 Å². The Kier molecular flexibility index (Phi) is 7.50. The van der Waals surface area contributed by atoms with Crippen molar-refractivity contribution in [3.8, 4) is 11.1 Å². The summed E-state index contributed by atoms with van der Waals surface area (Å²) in [5.74, 6) is -1.06. The first kappa shape index (κ1) is 23.8. The molecule has 180 valence electrons. The van der Waals surface area contributed by atoms with Crippen LogP contribution in [-0.2, 0) is 14.3 Å². The summed E-state index contributed by atoms with van der Waals surface area (Å²) in [6, 6.07) is 16.5. The molecule has 0 aliphatic heterocycles. The van der Waals surface area contributed by atoms with Gasteiger partial charge in [0.15, 0.2) is 0 Å². The van der Waals surface area contributed by atoms with Crippen molar-refractivity contribution in [1.29, 1.82) is 0 Å². The quantitative estimate of drug-likeness (QED) is 0.540. The van der Waals surface area contributed by atoms with Crippen LogP contribution in [0.1, 0.15) is 56.1 Å². The molecule has 2 aliphatic carbocycles. The van der Waals surface area contributed by atoms with E-state index in [1.165, 1.54) is 22.3 Å². The van der Waals surface area contributed by atoms with Crippen molar-refractivity contribution in [3.05, 3.63) is 59.7 Å². The number of hydrogen-bond acceptors (Lipinski definition) is 4. The molecule has 4 rings (SSSR count). The van der Waals surface area contributed by atoms with Crippen LogP contribution in [0.25, 0.3) is 11.1 Å². The van der Waals surface area contributed by atoms with Crippen molar-refractivity contribution < 1.29 is 24.2 Å². The van der Waals surface area contributed by atoms with Crippen LogP contribution in [0.5, 0.6) is 0 Å². The number of rotatable bonds is 8. The maximum absolute atomic E-state index is 12.5. The molecule has 0 radical (unpaired) electrons.